The van der Waals surface area contributed by atoms with Gasteiger partial charge < -0.3 is 9.63 Å². The van der Waals surface area contributed by atoms with Gasteiger partial charge in [-0.2, -0.15) is 4.98 Å². The van der Waals surface area contributed by atoms with Crippen molar-refractivity contribution in [3.05, 3.63) is 45.0 Å². The van der Waals surface area contributed by atoms with Gasteiger partial charge in [0, 0.05) is 20.7 Å². The Morgan fingerprint density at radius 1 is 1.19 bits per heavy atom. The van der Waals surface area contributed by atoms with Crippen LogP contribution in [0.4, 0.5) is 0 Å². The zero-order valence-corrected chi connectivity index (χ0v) is 14.0. The van der Waals surface area contributed by atoms with E-state index in [-0.39, 0.29) is 5.75 Å². The van der Waals surface area contributed by atoms with E-state index in [0.717, 1.165) is 20.1 Å². The van der Waals surface area contributed by atoms with Gasteiger partial charge in [0.2, 0.25) is 5.82 Å². The number of phenolic OH excluding ortho intramolecular Hbond substituents is 1. The van der Waals surface area contributed by atoms with Crippen LogP contribution in [0.15, 0.2) is 43.9 Å². The molecule has 0 aliphatic rings. The van der Waals surface area contributed by atoms with Crippen molar-refractivity contribution in [1.29, 1.82) is 0 Å². The van der Waals surface area contributed by atoms with Crippen LogP contribution in [0, 0.1) is 6.92 Å². The molecule has 0 spiro atoms. The van der Waals surface area contributed by atoms with E-state index in [4.69, 9.17) is 4.52 Å². The third kappa shape index (κ3) is 2.84. The first-order valence-corrected chi connectivity index (χ1v) is 7.58. The number of halogens is 2. The van der Waals surface area contributed by atoms with Crippen LogP contribution in [0.3, 0.4) is 0 Å². The molecular formula is C14H9Br2N3O2. The number of nitrogens with zero attached hydrogens (tertiary/aromatic N) is 3. The van der Waals surface area contributed by atoms with Gasteiger partial charge in [0.05, 0.1) is 0 Å². The first-order chi connectivity index (χ1) is 10.0. The molecule has 0 radical (unpaired) electrons. The lowest BCUT2D eigenvalue weighted by molar-refractivity contribution is 0.431. The van der Waals surface area contributed by atoms with Crippen molar-refractivity contribution in [1.82, 2.24) is 15.1 Å². The molecule has 5 nitrogen and oxygen atoms in total. The molecule has 3 aromatic rings. The van der Waals surface area contributed by atoms with Crippen LogP contribution < -0.4 is 0 Å². The minimum Gasteiger partial charge on any atom is -0.508 e. The maximum Gasteiger partial charge on any atom is 0.258 e. The zero-order valence-electron chi connectivity index (χ0n) is 10.8. The average Bonchev–Trinajstić information content (AvgIpc) is 2.91. The summed E-state index contributed by atoms with van der Waals surface area (Å²) in [4.78, 5) is 8.61. The van der Waals surface area contributed by atoms with E-state index < -0.39 is 0 Å². The topological polar surface area (TPSA) is 72.0 Å². The fourth-order valence-corrected chi connectivity index (χ4v) is 2.97. The van der Waals surface area contributed by atoms with Crippen molar-refractivity contribution < 1.29 is 9.63 Å². The van der Waals surface area contributed by atoms with Crippen LogP contribution >= 0.6 is 31.9 Å². The molecule has 3 rings (SSSR count). The minimum atomic E-state index is 0.232. The van der Waals surface area contributed by atoms with E-state index in [9.17, 15) is 5.11 Å². The molecular weight excluding hydrogens is 402 g/mol. The second kappa shape index (κ2) is 5.57. The third-order valence-electron chi connectivity index (χ3n) is 2.89. The Morgan fingerprint density at radius 2 is 2.00 bits per heavy atom. The van der Waals surface area contributed by atoms with Crippen molar-refractivity contribution >= 4 is 31.9 Å². The summed E-state index contributed by atoms with van der Waals surface area (Å²) < 4.78 is 6.90. The standard InChI is InChI=1S/C14H9Br2N3O2/c1-7-4-8(2-3-11(7)20)14-18-13(19-21-14)12-10(16)5-9(15)6-17-12/h2-6,20H,1H3. The number of hydrogen-bond acceptors (Lipinski definition) is 5. The molecule has 21 heavy (non-hydrogen) atoms. The zero-order chi connectivity index (χ0) is 15.0. The summed E-state index contributed by atoms with van der Waals surface area (Å²) >= 11 is 6.77. The molecule has 0 saturated carbocycles. The van der Waals surface area contributed by atoms with Crippen molar-refractivity contribution in [3.63, 3.8) is 0 Å². The first-order valence-electron chi connectivity index (χ1n) is 5.99. The lowest BCUT2D eigenvalue weighted by atomic mass is 10.1. The third-order valence-corrected chi connectivity index (χ3v) is 3.93. The molecule has 0 fully saturated rings. The molecule has 0 amide bonds. The summed E-state index contributed by atoms with van der Waals surface area (Å²) in [5.41, 5.74) is 2.09. The van der Waals surface area contributed by atoms with Crippen molar-refractivity contribution in [2.24, 2.45) is 0 Å². The lowest BCUT2D eigenvalue weighted by Crippen LogP contribution is -1.88. The molecule has 1 aromatic carbocycles. The van der Waals surface area contributed by atoms with Gasteiger partial charge >= 0.3 is 0 Å². The van der Waals surface area contributed by atoms with Crippen molar-refractivity contribution in [2.45, 2.75) is 6.92 Å². The molecule has 0 aliphatic carbocycles. The molecule has 7 heteroatoms. The SMILES string of the molecule is Cc1cc(-c2nc(-c3ncc(Br)cc3Br)no2)ccc1O. The number of aryl methyl sites for hydroxylation is 1. The Kier molecular flexibility index (Phi) is 3.77. The molecule has 1 N–H and O–H groups in total. The van der Waals surface area contributed by atoms with E-state index in [2.05, 4.69) is 47.0 Å². The van der Waals surface area contributed by atoms with Crippen LogP contribution in [0.5, 0.6) is 5.75 Å². The van der Waals surface area contributed by atoms with Gasteiger partial charge in [-0.15, -0.1) is 0 Å². The number of rotatable bonds is 2. The minimum absolute atomic E-state index is 0.232. The Hall–Kier alpha value is -1.73. The van der Waals surface area contributed by atoms with Gasteiger partial charge in [-0.3, -0.25) is 4.98 Å². The van der Waals surface area contributed by atoms with E-state index in [0.29, 0.717) is 17.4 Å². The number of phenols is 1. The fraction of sp³-hybridized carbons (Fsp3) is 0.0714. The van der Waals surface area contributed by atoms with Crippen molar-refractivity contribution in [3.8, 4) is 28.7 Å². The maximum absolute atomic E-state index is 9.55. The number of aromatic nitrogens is 3. The molecule has 106 valence electrons. The summed E-state index contributed by atoms with van der Waals surface area (Å²) in [6.07, 6.45) is 1.67. The number of pyridine rings is 1. The predicted octanol–water partition coefficient (Wildman–Crippen LogP) is 4.34. The Morgan fingerprint density at radius 3 is 2.71 bits per heavy atom. The quantitative estimate of drug-likeness (QED) is 0.680. The normalized spacial score (nSPS) is 10.8. The molecule has 2 heterocycles. The van der Waals surface area contributed by atoms with Gasteiger partial charge in [0.25, 0.3) is 5.89 Å². The van der Waals surface area contributed by atoms with Gasteiger partial charge in [-0.1, -0.05) is 5.16 Å². The number of aromatic hydroxyl groups is 1. The Bertz CT molecular complexity index is 818. The summed E-state index contributed by atoms with van der Waals surface area (Å²) in [7, 11) is 0. The van der Waals surface area contributed by atoms with Crippen LogP contribution in [-0.2, 0) is 0 Å². The van der Waals surface area contributed by atoms with Crippen LogP contribution in [0.25, 0.3) is 23.0 Å². The Balaban J connectivity index is 2.01. The second-order valence-electron chi connectivity index (χ2n) is 4.41. The van der Waals surface area contributed by atoms with Gasteiger partial charge in [-0.05, 0) is 68.6 Å². The number of hydrogen-bond donors (Lipinski definition) is 1. The molecule has 0 unspecified atom stereocenters. The lowest BCUT2D eigenvalue weighted by Gasteiger charge is -1.99. The highest BCUT2D eigenvalue weighted by Crippen LogP contribution is 2.29. The monoisotopic (exact) mass is 409 g/mol. The van der Waals surface area contributed by atoms with E-state index in [1.165, 1.54) is 0 Å². The maximum atomic E-state index is 9.55. The fourth-order valence-electron chi connectivity index (χ4n) is 1.80. The smallest absolute Gasteiger partial charge is 0.258 e. The molecule has 0 bridgehead atoms. The van der Waals surface area contributed by atoms with E-state index >= 15 is 0 Å². The molecule has 0 saturated heterocycles. The highest BCUT2D eigenvalue weighted by Gasteiger charge is 2.15. The van der Waals surface area contributed by atoms with Gasteiger partial charge in [0.15, 0.2) is 0 Å². The van der Waals surface area contributed by atoms with Gasteiger partial charge in [0.1, 0.15) is 11.4 Å². The number of benzene rings is 1. The van der Waals surface area contributed by atoms with Crippen LogP contribution in [-0.4, -0.2) is 20.2 Å². The highest BCUT2D eigenvalue weighted by molar-refractivity contribution is 9.11. The molecule has 2 aromatic heterocycles. The van der Waals surface area contributed by atoms with Crippen LogP contribution in [0.2, 0.25) is 0 Å². The first kappa shape index (κ1) is 14.2. The predicted molar refractivity (Wildman–Crippen MR) is 84.8 cm³/mol. The summed E-state index contributed by atoms with van der Waals surface area (Å²) in [5.74, 6) is 1.01. The largest absolute Gasteiger partial charge is 0.508 e. The van der Waals surface area contributed by atoms with Crippen LogP contribution in [0.1, 0.15) is 5.56 Å². The summed E-state index contributed by atoms with van der Waals surface area (Å²) in [5, 5.41) is 13.5. The summed E-state index contributed by atoms with van der Waals surface area (Å²) in [6.45, 7) is 1.81. The molecule has 0 atom stereocenters. The Labute approximate surface area is 137 Å². The summed E-state index contributed by atoms with van der Waals surface area (Å²) in [6, 6.07) is 6.98. The molecule has 0 aliphatic heterocycles. The van der Waals surface area contributed by atoms with Gasteiger partial charge in [-0.25, -0.2) is 0 Å². The average molecular weight is 411 g/mol. The second-order valence-corrected chi connectivity index (χ2v) is 6.18. The highest BCUT2D eigenvalue weighted by atomic mass is 79.9. The van der Waals surface area contributed by atoms with E-state index in [1.54, 1.807) is 24.4 Å². The van der Waals surface area contributed by atoms with E-state index in [1.807, 2.05) is 13.0 Å². The van der Waals surface area contributed by atoms with Crippen molar-refractivity contribution in [2.75, 3.05) is 0 Å².